The predicted molar refractivity (Wildman–Crippen MR) is 156 cm³/mol. The van der Waals surface area contributed by atoms with Crippen LogP contribution in [0.15, 0.2) is 60.7 Å². The Morgan fingerprint density at radius 1 is 0.897 bits per heavy atom. The van der Waals surface area contributed by atoms with Crippen molar-refractivity contribution in [2.24, 2.45) is 5.41 Å². The summed E-state index contributed by atoms with van der Waals surface area (Å²) in [5.41, 5.74) is 4.49. The Bertz CT molecular complexity index is 1210. The minimum Gasteiger partial charge on any atom is -0.494 e. The van der Waals surface area contributed by atoms with Crippen LogP contribution in [0.2, 0.25) is 0 Å². The number of ether oxygens (including phenoxy) is 2. The van der Waals surface area contributed by atoms with Crippen LogP contribution in [0.1, 0.15) is 82.9 Å². The van der Waals surface area contributed by atoms with E-state index in [1.54, 1.807) is 12.1 Å². The Balaban J connectivity index is 0.00000131. The number of carboxylic acids is 1. The van der Waals surface area contributed by atoms with E-state index in [4.69, 9.17) is 14.6 Å². The molecule has 4 rings (SSSR count). The van der Waals surface area contributed by atoms with Gasteiger partial charge in [0.1, 0.15) is 23.9 Å². The van der Waals surface area contributed by atoms with Gasteiger partial charge in [0.15, 0.2) is 0 Å². The van der Waals surface area contributed by atoms with Crippen LogP contribution in [0.4, 0.5) is 4.39 Å². The van der Waals surface area contributed by atoms with E-state index in [-0.39, 0.29) is 17.7 Å². The van der Waals surface area contributed by atoms with Crippen molar-refractivity contribution in [3.8, 4) is 22.6 Å². The lowest BCUT2D eigenvalue weighted by atomic mass is 9.79. The molecule has 0 bridgehead atoms. The number of halogens is 1. The Morgan fingerprint density at radius 3 is 2.31 bits per heavy atom. The quantitative estimate of drug-likeness (QED) is 0.238. The van der Waals surface area contributed by atoms with E-state index in [1.165, 1.54) is 25.3 Å². The maximum absolute atomic E-state index is 15.0. The number of carboxylic acid groups (broad SMARTS) is 1. The monoisotopic (exact) mass is 534 g/mol. The summed E-state index contributed by atoms with van der Waals surface area (Å²) in [5.74, 6) is 0.270. The fourth-order valence-electron chi connectivity index (χ4n) is 4.60. The number of benzene rings is 3. The Labute approximate surface area is 233 Å². The summed E-state index contributed by atoms with van der Waals surface area (Å²) in [5, 5.41) is 8.94. The van der Waals surface area contributed by atoms with Crippen molar-refractivity contribution in [1.29, 1.82) is 0 Å². The van der Waals surface area contributed by atoms with Gasteiger partial charge in [-0.3, -0.25) is 4.79 Å². The largest absolute Gasteiger partial charge is 0.494 e. The zero-order valence-electron chi connectivity index (χ0n) is 23.9. The molecule has 0 spiro atoms. The summed E-state index contributed by atoms with van der Waals surface area (Å²) in [6.45, 7) is 9.49. The van der Waals surface area contributed by atoms with Gasteiger partial charge in [-0.2, -0.15) is 0 Å². The van der Waals surface area contributed by atoms with E-state index in [1.807, 2.05) is 43.3 Å². The molecule has 0 radical (unpaired) electrons. The Hall–Kier alpha value is -3.34. The fourth-order valence-corrected chi connectivity index (χ4v) is 4.60. The number of rotatable bonds is 13. The normalized spacial score (nSPS) is 12.3. The summed E-state index contributed by atoms with van der Waals surface area (Å²) in [6, 6.07) is 18.5. The number of carbonyl (C=O) groups is 1. The highest BCUT2D eigenvalue weighted by molar-refractivity contribution is 5.70. The summed E-state index contributed by atoms with van der Waals surface area (Å²) in [7, 11) is 0. The van der Waals surface area contributed by atoms with E-state index < -0.39 is 5.97 Å². The van der Waals surface area contributed by atoms with Crippen LogP contribution in [0.3, 0.4) is 0 Å². The van der Waals surface area contributed by atoms with Gasteiger partial charge in [0, 0.05) is 12.0 Å². The average molecular weight is 535 g/mol. The Kier molecular flexibility index (Phi) is 11.4. The lowest BCUT2D eigenvalue weighted by molar-refractivity contribution is -0.136. The zero-order valence-corrected chi connectivity index (χ0v) is 23.9. The molecule has 0 heterocycles. The molecule has 39 heavy (non-hydrogen) atoms. The van der Waals surface area contributed by atoms with E-state index in [0.717, 1.165) is 41.5 Å². The standard InChI is InChI=1S/C31H37FO4.C3H6/c1-5-16-31(3,4)20-24-17-23(21-36-25-9-7-8-22(18-25)11-15-30(33)34)10-13-27(24)28-19-26(35-6-2)12-14-29(28)32;1-2-3-1/h7-10,12-14,17-19H,5-6,11,15-16,20-21H2,1-4H3,(H,33,34);1-3H2. The maximum atomic E-state index is 15.0. The minimum absolute atomic E-state index is 0.0649. The van der Waals surface area contributed by atoms with Gasteiger partial charge < -0.3 is 14.6 Å². The zero-order chi connectivity index (χ0) is 28.3. The first-order valence-corrected chi connectivity index (χ1v) is 14.2. The first kappa shape index (κ1) is 30.2. The topological polar surface area (TPSA) is 55.8 Å². The van der Waals surface area contributed by atoms with Crippen LogP contribution in [0.5, 0.6) is 11.5 Å². The van der Waals surface area contributed by atoms with Crippen molar-refractivity contribution in [1.82, 2.24) is 0 Å². The molecular weight excluding hydrogens is 491 g/mol. The fraction of sp³-hybridized carbons (Fsp3) is 0.441. The highest BCUT2D eigenvalue weighted by Crippen LogP contribution is 2.36. The first-order chi connectivity index (χ1) is 18.7. The molecule has 3 aromatic carbocycles. The summed E-state index contributed by atoms with van der Waals surface area (Å²) in [4.78, 5) is 10.9. The van der Waals surface area contributed by atoms with Crippen LogP contribution in [-0.2, 0) is 24.2 Å². The molecule has 3 aromatic rings. The number of aryl methyl sites for hydroxylation is 1. The third-order valence-corrected chi connectivity index (χ3v) is 6.59. The van der Waals surface area contributed by atoms with E-state index in [0.29, 0.717) is 36.7 Å². The summed E-state index contributed by atoms with van der Waals surface area (Å²) < 4.78 is 26.6. The number of hydrogen-bond donors (Lipinski definition) is 1. The van der Waals surface area contributed by atoms with Crippen LogP contribution >= 0.6 is 0 Å². The molecule has 0 amide bonds. The molecule has 5 heteroatoms. The molecule has 0 saturated heterocycles. The molecule has 0 aliphatic heterocycles. The predicted octanol–water partition coefficient (Wildman–Crippen LogP) is 9.03. The van der Waals surface area contributed by atoms with Crippen molar-refractivity contribution in [3.05, 3.63) is 83.2 Å². The van der Waals surface area contributed by atoms with Gasteiger partial charge in [-0.05, 0) is 84.2 Å². The second kappa shape index (κ2) is 14.7. The molecule has 1 aliphatic rings. The average Bonchev–Trinajstić information content (AvgIpc) is 3.78. The molecule has 1 fully saturated rings. The SMILES string of the molecule is C1CC1.CCCC(C)(C)Cc1cc(COc2cccc(CCC(=O)O)c2)ccc1-c1cc(OCC)ccc1F. The van der Waals surface area contributed by atoms with Gasteiger partial charge in [0.2, 0.25) is 0 Å². The summed E-state index contributed by atoms with van der Waals surface area (Å²) in [6.07, 6.45) is 8.01. The van der Waals surface area contributed by atoms with Crippen LogP contribution < -0.4 is 9.47 Å². The summed E-state index contributed by atoms with van der Waals surface area (Å²) >= 11 is 0. The van der Waals surface area contributed by atoms with Gasteiger partial charge in [-0.15, -0.1) is 0 Å². The van der Waals surface area contributed by atoms with Gasteiger partial charge in [0.25, 0.3) is 0 Å². The minimum atomic E-state index is -0.817. The first-order valence-electron chi connectivity index (χ1n) is 14.2. The Morgan fingerprint density at radius 2 is 1.64 bits per heavy atom. The van der Waals surface area contributed by atoms with Gasteiger partial charge in [0.05, 0.1) is 6.61 Å². The smallest absolute Gasteiger partial charge is 0.303 e. The molecule has 0 aromatic heterocycles. The van der Waals surface area contributed by atoms with Crippen molar-refractivity contribution in [2.75, 3.05) is 6.61 Å². The maximum Gasteiger partial charge on any atom is 0.303 e. The van der Waals surface area contributed by atoms with Crippen molar-refractivity contribution in [3.63, 3.8) is 0 Å². The highest BCUT2D eigenvalue weighted by atomic mass is 19.1. The van der Waals surface area contributed by atoms with E-state index in [9.17, 15) is 9.18 Å². The van der Waals surface area contributed by atoms with Crippen molar-refractivity contribution < 1.29 is 23.8 Å². The second-order valence-electron chi connectivity index (χ2n) is 11.0. The molecule has 1 saturated carbocycles. The van der Waals surface area contributed by atoms with Gasteiger partial charge >= 0.3 is 5.97 Å². The van der Waals surface area contributed by atoms with Crippen LogP contribution in [-0.4, -0.2) is 17.7 Å². The number of hydrogen-bond acceptors (Lipinski definition) is 3. The molecular formula is C34H43FO4. The van der Waals surface area contributed by atoms with Gasteiger partial charge in [-0.25, -0.2) is 4.39 Å². The van der Waals surface area contributed by atoms with Crippen molar-refractivity contribution >= 4 is 5.97 Å². The third kappa shape index (κ3) is 10.4. The van der Waals surface area contributed by atoms with Crippen LogP contribution in [0.25, 0.3) is 11.1 Å². The molecule has 0 atom stereocenters. The lowest BCUT2D eigenvalue weighted by Gasteiger charge is -2.26. The molecule has 210 valence electrons. The van der Waals surface area contributed by atoms with Crippen molar-refractivity contribution in [2.45, 2.75) is 85.7 Å². The third-order valence-electron chi connectivity index (χ3n) is 6.59. The second-order valence-corrected chi connectivity index (χ2v) is 11.0. The van der Waals surface area contributed by atoms with E-state index in [2.05, 4.69) is 26.8 Å². The molecule has 0 unspecified atom stereocenters. The highest BCUT2D eigenvalue weighted by Gasteiger charge is 2.21. The lowest BCUT2D eigenvalue weighted by Crippen LogP contribution is -2.15. The van der Waals surface area contributed by atoms with E-state index >= 15 is 0 Å². The number of aliphatic carboxylic acids is 1. The van der Waals surface area contributed by atoms with Crippen LogP contribution in [0, 0.1) is 11.2 Å². The van der Waals surface area contributed by atoms with Gasteiger partial charge in [-0.1, -0.05) is 76.8 Å². The molecule has 1 N–H and O–H groups in total. The molecule has 4 nitrogen and oxygen atoms in total. The molecule has 1 aliphatic carbocycles.